The van der Waals surface area contributed by atoms with Crippen molar-refractivity contribution in [1.82, 2.24) is 4.98 Å². The lowest BCUT2D eigenvalue weighted by Crippen LogP contribution is -2.15. The van der Waals surface area contributed by atoms with Crippen molar-refractivity contribution in [2.45, 2.75) is 10.8 Å². The van der Waals surface area contributed by atoms with Gasteiger partial charge >= 0.3 is 0 Å². The molecule has 3 N–H and O–H groups in total. The van der Waals surface area contributed by atoms with Crippen molar-refractivity contribution in [3.05, 3.63) is 83.4 Å². The van der Waals surface area contributed by atoms with Crippen molar-refractivity contribution >= 4 is 29.2 Å². The van der Waals surface area contributed by atoms with Gasteiger partial charge in [0.05, 0.1) is 11.1 Å². The molecule has 1 aromatic heterocycles. The van der Waals surface area contributed by atoms with Crippen LogP contribution in [0.15, 0.2) is 71.8 Å². The van der Waals surface area contributed by atoms with Crippen molar-refractivity contribution in [3.63, 3.8) is 0 Å². The summed E-state index contributed by atoms with van der Waals surface area (Å²) < 4.78 is 0. The first kappa shape index (κ1) is 17.5. The number of hydrogen-bond donors (Lipinski definition) is 2. The number of amides is 1. The molecular formula is C20H16N4OS. The topological polar surface area (TPSA) is 91.8 Å². The molecule has 0 atom stereocenters. The van der Waals surface area contributed by atoms with Crippen LogP contribution in [-0.4, -0.2) is 10.9 Å². The van der Waals surface area contributed by atoms with E-state index in [2.05, 4.69) is 16.4 Å². The van der Waals surface area contributed by atoms with Crippen LogP contribution in [0.1, 0.15) is 21.5 Å². The number of anilines is 2. The molecule has 0 saturated heterocycles. The monoisotopic (exact) mass is 360 g/mol. The second-order valence-electron chi connectivity index (χ2n) is 5.48. The maximum absolute atomic E-state index is 12.4. The van der Waals surface area contributed by atoms with E-state index in [1.54, 1.807) is 12.1 Å². The molecule has 2 aromatic carbocycles. The molecule has 5 nitrogen and oxygen atoms in total. The molecule has 6 heteroatoms. The van der Waals surface area contributed by atoms with Crippen LogP contribution < -0.4 is 11.1 Å². The van der Waals surface area contributed by atoms with Gasteiger partial charge in [0.15, 0.2) is 0 Å². The van der Waals surface area contributed by atoms with E-state index in [0.29, 0.717) is 22.0 Å². The molecule has 1 heterocycles. The average molecular weight is 360 g/mol. The number of nitrogens with two attached hydrogens (primary N) is 1. The second kappa shape index (κ2) is 8.19. The molecule has 3 aromatic rings. The Morgan fingerprint density at radius 1 is 1.12 bits per heavy atom. The molecule has 0 spiro atoms. The largest absolute Gasteiger partial charge is 0.383 e. The van der Waals surface area contributed by atoms with Gasteiger partial charge in [0.1, 0.15) is 16.9 Å². The van der Waals surface area contributed by atoms with Crippen LogP contribution >= 0.6 is 11.8 Å². The second-order valence-corrected chi connectivity index (χ2v) is 6.44. The molecule has 0 fully saturated rings. The maximum Gasteiger partial charge on any atom is 0.259 e. The van der Waals surface area contributed by atoms with Gasteiger partial charge in [0.2, 0.25) is 0 Å². The number of hydrogen-bond acceptors (Lipinski definition) is 5. The molecule has 3 rings (SSSR count). The minimum Gasteiger partial charge on any atom is -0.383 e. The van der Waals surface area contributed by atoms with E-state index >= 15 is 0 Å². The number of thioether (sulfide) groups is 1. The van der Waals surface area contributed by atoms with Crippen LogP contribution in [-0.2, 0) is 5.75 Å². The number of para-hydroxylation sites is 1. The first-order valence-corrected chi connectivity index (χ1v) is 8.89. The number of nitrogens with zero attached hydrogens (tertiary/aromatic N) is 2. The van der Waals surface area contributed by atoms with E-state index in [9.17, 15) is 10.1 Å². The molecule has 1 amide bonds. The van der Waals surface area contributed by atoms with Crippen LogP contribution in [0.3, 0.4) is 0 Å². The van der Waals surface area contributed by atoms with E-state index in [4.69, 9.17) is 5.73 Å². The molecule has 26 heavy (non-hydrogen) atoms. The molecule has 0 aliphatic heterocycles. The Bertz CT molecular complexity index is 953. The SMILES string of the molecule is N#Cc1cc(C(=O)Nc2ccccc2)c(N)nc1SCc1ccccc1. The zero-order chi connectivity index (χ0) is 18.4. The molecule has 0 bridgehead atoms. The summed E-state index contributed by atoms with van der Waals surface area (Å²) in [5.74, 6) is 0.377. The first-order valence-electron chi connectivity index (χ1n) is 7.91. The highest BCUT2D eigenvalue weighted by Gasteiger charge is 2.16. The molecule has 0 unspecified atom stereocenters. The van der Waals surface area contributed by atoms with Crippen LogP contribution in [0.4, 0.5) is 11.5 Å². The van der Waals surface area contributed by atoms with Crippen LogP contribution in [0.25, 0.3) is 0 Å². The number of carbonyl (C=O) groups is 1. The summed E-state index contributed by atoms with van der Waals surface area (Å²) in [5, 5.41) is 12.7. The highest BCUT2D eigenvalue weighted by Crippen LogP contribution is 2.27. The fourth-order valence-corrected chi connectivity index (χ4v) is 3.25. The van der Waals surface area contributed by atoms with E-state index in [1.165, 1.54) is 17.8 Å². The zero-order valence-corrected chi connectivity index (χ0v) is 14.7. The summed E-state index contributed by atoms with van der Waals surface area (Å²) in [4.78, 5) is 16.7. The number of pyridine rings is 1. The molecule has 0 aliphatic carbocycles. The maximum atomic E-state index is 12.4. The Labute approximate surface area is 155 Å². The molecule has 0 radical (unpaired) electrons. The lowest BCUT2D eigenvalue weighted by atomic mass is 10.2. The van der Waals surface area contributed by atoms with Gasteiger partial charge in [-0.3, -0.25) is 4.79 Å². The highest BCUT2D eigenvalue weighted by molar-refractivity contribution is 7.98. The van der Waals surface area contributed by atoms with Gasteiger partial charge in [0.25, 0.3) is 5.91 Å². The van der Waals surface area contributed by atoms with Crippen molar-refractivity contribution in [1.29, 1.82) is 5.26 Å². The van der Waals surface area contributed by atoms with Gasteiger partial charge in [-0.25, -0.2) is 4.98 Å². The summed E-state index contributed by atoms with van der Waals surface area (Å²) in [6.07, 6.45) is 0. The lowest BCUT2D eigenvalue weighted by Gasteiger charge is -2.10. The van der Waals surface area contributed by atoms with Gasteiger partial charge < -0.3 is 11.1 Å². The quantitative estimate of drug-likeness (QED) is 0.669. The van der Waals surface area contributed by atoms with Gasteiger partial charge in [0, 0.05) is 11.4 Å². The molecular weight excluding hydrogens is 344 g/mol. The molecule has 128 valence electrons. The van der Waals surface area contributed by atoms with Crippen LogP contribution in [0, 0.1) is 11.3 Å². The summed E-state index contributed by atoms with van der Waals surface area (Å²) >= 11 is 1.42. The van der Waals surface area contributed by atoms with E-state index in [-0.39, 0.29) is 11.4 Å². The first-order chi connectivity index (χ1) is 12.7. The standard InChI is InChI=1S/C20H16N4OS/c21-12-15-11-17(19(25)23-16-9-5-2-6-10-16)18(22)24-20(15)26-13-14-7-3-1-4-8-14/h1-11H,13H2,(H2,22,24)(H,23,25). The Kier molecular flexibility index (Phi) is 5.52. The highest BCUT2D eigenvalue weighted by atomic mass is 32.2. The van der Waals surface area contributed by atoms with Gasteiger partial charge in [-0.15, -0.1) is 11.8 Å². The number of nitrogens with one attached hydrogen (secondary N) is 1. The van der Waals surface area contributed by atoms with Gasteiger partial charge in [-0.1, -0.05) is 48.5 Å². The van der Waals surface area contributed by atoms with Crippen LogP contribution in [0.2, 0.25) is 0 Å². The number of rotatable bonds is 5. The van der Waals surface area contributed by atoms with Gasteiger partial charge in [-0.05, 0) is 23.8 Å². The Morgan fingerprint density at radius 2 is 1.77 bits per heavy atom. The summed E-state index contributed by atoms with van der Waals surface area (Å²) in [6.45, 7) is 0. The Balaban J connectivity index is 1.80. The zero-order valence-electron chi connectivity index (χ0n) is 13.8. The number of carbonyl (C=O) groups excluding carboxylic acids is 1. The third-order valence-corrected chi connectivity index (χ3v) is 4.69. The molecule has 0 aliphatic rings. The summed E-state index contributed by atoms with van der Waals surface area (Å²) in [6, 6.07) is 22.5. The van der Waals surface area contributed by atoms with E-state index in [1.807, 2.05) is 48.5 Å². The molecule has 0 saturated carbocycles. The third kappa shape index (κ3) is 4.21. The van der Waals surface area contributed by atoms with Crippen molar-refractivity contribution in [2.75, 3.05) is 11.1 Å². The van der Waals surface area contributed by atoms with Gasteiger partial charge in [-0.2, -0.15) is 5.26 Å². The van der Waals surface area contributed by atoms with Crippen LogP contribution in [0.5, 0.6) is 0 Å². The predicted molar refractivity (Wildman–Crippen MR) is 104 cm³/mol. The number of aromatic nitrogens is 1. The average Bonchev–Trinajstić information content (AvgIpc) is 2.68. The van der Waals surface area contributed by atoms with Crippen molar-refractivity contribution in [3.8, 4) is 6.07 Å². The number of nitriles is 1. The minimum atomic E-state index is -0.391. The number of nitrogen functional groups attached to an aromatic ring is 1. The lowest BCUT2D eigenvalue weighted by molar-refractivity contribution is 0.102. The fourth-order valence-electron chi connectivity index (χ4n) is 2.33. The van der Waals surface area contributed by atoms with E-state index < -0.39 is 5.91 Å². The summed E-state index contributed by atoms with van der Waals surface area (Å²) in [5.41, 5.74) is 8.26. The predicted octanol–water partition coefficient (Wildman–Crippen LogP) is 4.08. The van der Waals surface area contributed by atoms with E-state index in [0.717, 1.165) is 5.56 Å². The smallest absolute Gasteiger partial charge is 0.259 e. The summed E-state index contributed by atoms with van der Waals surface area (Å²) in [7, 11) is 0. The Morgan fingerprint density at radius 3 is 2.42 bits per heavy atom. The van der Waals surface area contributed by atoms with Crippen molar-refractivity contribution in [2.24, 2.45) is 0 Å². The Hall–Kier alpha value is -3.30. The minimum absolute atomic E-state index is 0.105. The normalized spacial score (nSPS) is 10.1. The number of benzene rings is 2. The third-order valence-electron chi connectivity index (χ3n) is 3.63. The fraction of sp³-hybridized carbons (Fsp3) is 0.0500. The van der Waals surface area contributed by atoms with Crippen molar-refractivity contribution < 1.29 is 4.79 Å².